The minimum atomic E-state index is 0.498. The highest BCUT2D eigenvalue weighted by atomic mass is 15.1. The van der Waals surface area contributed by atoms with Crippen LogP contribution in [0.2, 0.25) is 0 Å². The third-order valence-electron chi connectivity index (χ3n) is 4.16. The van der Waals surface area contributed by atoms with Crippen LogP contribution in [0.1, 0.15) is 30.6 Å². The molecule has 21 heavy (non-hydrogen) atoms. The standard InChI is InChI=1S/C18H23N3/c1-2-19-17-11-14-21(18-9-4-3-8-16(17)18)13-10-15-7-5-6-12-20-15/h3-9,12,17,19H,2,10-11,13-14H2,1H3. The van der Waals surface area contributed by atoms with Crippen molar-refractivity contribution in [3.63, 3.8) is 0 Å². The fourth-order valence-electron chi connectivity index (χ4n) is 3.12. The van der Waals surface area contributed by atoms with E-state index in [0.717, 1.165) is 26.1 Å². The van der Waals surface area contributed by atoms with Crippen LogP contribution in [0, 0.1) is 0 Å². The molecule has 3 nitrogen and oxygen atoms in total. The molecule has 1 unspecified atom stereocenters. The van der Waals surface area contributed by atoms with Gasteiger partial charge in [0, 0.05) is 43.1 Å². The minimum absolute atomic E-state index is 0.498. The predicted molar refractivity (Wildman–Crippen MR) is 87.6 cm³/mol. The molecule has 3 rings (SSSR count). The van der Waals surface area contributed by atoms with E-state index in [1.807, 2.05) is 12.3 Å². The Bertz CT molecular complexity index is 568. The van der Waals surface area contributed by atoms with Crippen molar-refractivity contribution < 1.29 is 0 Å². The average molecular weight is 281 g/mol. The molecule has 1 N–H and O–H groups in total. The fraction of sp³-hybridized carbons (Fsp3) is 0.389. The Kier molecular flexibility index (Phi) is 4.51. The van der Waals surface area contributed by atoms with Crippen LogP contribution in [0.5, 0.6) is 0 Å². The van der Waals surface area contributed by atoms with Gasteiger partial charge < -0.3 is 10.2 Å². The molecule has 1 aromatic carbocycles. The number of aromatic nitrogens is 1. The molecule has 2 heterocycles. The fourth-order valence-corrected chi connectivity index (χ4v) is 3.12. The molecule has 0 aliphatic carbocycles. The number of nitrogens with one attached hydrogen (secondary N) is 1. The molecular weight excluding hydrogens is 258 g/mol. The van der Waals surface area contributed by atoms with Crippen molar-refractivity contribution in [2.75, 3.05) is 24.5 Å². The van der Waals surface area contributed by atoms with Crippen LogP contribution >= 0.6 is 0 Å². The first-order chi connectivity index (χ1) is 10.4. The van der Waals surface area contributed by atoms with Gasteiger partial charge in [-0.05, 0) is 36.7 Å². The highest BCUT2D eigenvalue weighted by Crippen LogP contribution is 2.33. The van der Waals surface area contributed by atoms with E-state index in [2.05, 4.69) is 58.5 Å². The SMILES string of the molecule is CCNC1CCN(CCc2ccccn2)c2ccccc21. The highest BCUT2D eigenvalue weighted by molar-refractivity contribution is 5.57. The molecule has 0 spiro atoms. The van der Waals surface area contributed by atoms with Gasteiger partial charge in [0.1, 0.15) is 0 Å². The number of fused-ring (bicyclic) bond motifs is 1. The lowest BCUT2D eigenvalue weighted by atomic mass is 9.96. The summed E-state index contributed by atoms with van der Waals surface area (Å²) in [5.74, 6) is 0. The van der Waals surface area contributed by atoms with Crippen molar-refractivity contribution >= 4 is 5.69 Å². The van der Waals surface area contributed by atoms with E-state index >= 15 is 0 Å². The first-order valence-corrected chi connectivity index (χ1v) is 7.85. The molecule has 2 aromatic rings. The smallest absolute Gasteiger partial charge is 0.0421 e. The number of para-hydroxylation sites is 1. The number of benzene rings is 1. The molecule has 0 radical (unpaired) electrons. The monoisotopic (exact) mass is 281 g/mol. The van der Waals surface area contributed by atoms with Gasteiger partial charge in [-0.15, -0.1) is 0 Å². The maximum atomic E-state index is 4.42. The molecule has 0 saturated heterocycles. The second-order valence-electron chi connectivity index (χ2n) is 5.52. The highest BCUT2D eigenvalue weighted by Gasteiger charge is 2.23. The number of nitrogens with zero attached hydrogens (tertiary/aromatic N) is 2. The number of pyridine rings is 1. The summed E-state index contributed by atoms with van der Waals surface area (Å²) >= 11 is 0. The quantitative estimate of drug-likeness (QED) is 0.912. The summed E-state index contributed by atoms with van der Waals surface area (Å²) in [5.41, 5.74) is 3.99. The van der Waals surface area contributed by atoms with Crippen molar-refractivity contribution in [1.29, 1.82) is 0 Å². The summed E-state index contributed by atoms with van der Waals surface area (Å²) in [6, 6.07) is 15.4. The molecule has 1 aliphatic heterocycles. The number of hydrogen-bond acceptors (Lipinski definition) is 3. The zero-order valence-corrected chi connectivity index (χ0v) is 12.6. The van der Waals surface area contributed by atoms with Crippen molar-refractivity contribution in [2.24, 2.45) is 0 Å². The largest absolute Gasteiger partial charge is 0.371 e. The van der Waals surface area contributed by atoms with Gasteiger partial charge in [0.2, 0.25) is 0 Å². The van der Waals surface area contributed by atoms with Crippen molar-refractivity contribution in [1.82, 2.24) is 10.3 Å². The Hall–Kier alpha value is -1.87. The van der Waals surface area contributed by atoms with E-state index in [9.17, 15) is 0 Å². The number of hydrogen-bond donors (Lipinski definition) is 1. The van der Waals surface area contributed by atoms with E-state index in [1.54, 1.807) is 0 Å². The zero-order chi connectivity index (χ0) is 14.5. The third kappa shape index (κ3) is 3.24. The van der Waals surface area contributed by atoms with Gasteiger partial charge in [-0.3, -0.25) is 4.98 Å². The molecule has 0 fully saturated rings. The maximum Gasteiger partial charge on any atom is 0.0421 e. The molecule has 0 bridgehead atoms. The van der Waals surface area contributed by atoms with Crippen LogP contribution in [0.3, 0.4) is 0 Å². The number of rotatable bonds is 5. The van der Waals surface area contributed by atoms with E-state index in [1.165, 1.54) is 23.4 Å². The summed E-state index contributed by atoms with van der Waals surface area (Å²) in [7, 11) is 0. The molecular formula is C18H23N3. The van der Waals surface area contributed by atoms with Crippen molar-refractivity contribution in [3.8, 4) is 0 Å². The van der Waals surface area contributed by atoms with Gasteiger partial charge in [0.05, 0.1) is 0 Å². The van der Waals surface area contributed by atoms with Crippen LogP contribution in [0.15, 0.2) is 48.7 Å². The van der Waals surface area contributed by atoms with Gasteiger partial charge in [0.25, 0.3) is 0 Å². The predicted octanol–water partition coefficient (Wildman–Crippen LogP) is 3.19. The van der Waals surface area contributed by atoms with Crippen LogP contribution in [-0.4, -0.2) is 24.6 Å². The average Bonchev–Trinajstić information content (AvgIpc) is 2.55. The molecule has 110 valence electrons. The van der Waals surface area contributed by atoms with Crippen LogP contribution in [-0.2, 0) is 6.42 Å². The summed E-state index contributed by atoms with van der Waals surface area (Å²) in [4.78, 5) is 6.92. The topological polar surface area (TPSA) is 28.2 Å². The van der Waals surface area contributed by atoms with Gasteiger partial charge >= 0.3 is 0 Å². The number of anilines is 1. The molecule has 1 aromatic heterocycles. The van der Waals surface area contributed by atoms with Gasteiger partial charge in [0.15, 0.2) is 0 Å². The summed E-state index contributed by atoms with van der Waals surface area (Å²) in [5, 5.41) is 3.60. The Labute approximate surface area is 127 Å². The van der Waals surface area contributed by atoms with Gasteiger partial charge in [-0.2, -0.15) is 0 Å². The molecule has 1 aliphatic rings. The molecule has 0 saturated carbocycles. The first-order valence-electron chi connectivity index (χ1n) is 7.85. The minimum Gasteiger partial charge on any atom is -0.371 e. The van der Waals surface area contributed by atoms with E-state index in [0.29, 0.717) is 6.04 Å². The van der Waals surface area contributed by atoms with Gasteiger partial charge in [-0.25, -0.2) is 0 Å². The zero-order valence-electron chi connectivity index (χ0n) is 12.6. The Morgan fingerprint density at radius 3 is 2.86 bits per heavy atom. The van der Waals surface area contributed by atoms with Crippen molar-refractivity contribution in [3.05, 3.63) is 59.9 Å². The second-order valence-corrected chi connectivity index (χ2v) is 5.52. The van der Waals surface area contributed by atoms with E-state index in [-0.39, 0.29) is 0 Å². The molecule has 0 amide bonds. The van der Waals surface area contributed by atoms with E-state index < -0.39 is 0 Å². The Balaban J connectivity index is 1.73. The van der Waals surface area contributed by atoms with Crippen LogP contribution in [0.25, 0.3) is 0 Å². The summed E-state index contributed by atoms with van der Waals surface area (Å²) in [6.07, 6.45) is 4.05. The Morgan fingerprint density at radius 1 is 1.19 bits per heavy atom. The summed E-state index contributed by atoms with van der Waals surface area (Å²) < 4.78 is 0. The van der Waals surface area contributed by atoms with Crippen molar-refractivity contribution in [2.45, 2.75) is 25.8 Å². The molecule has 3 heteroatoms. The molecule has 1 atom stereocenters. The maximum absolute atomic E-state index is 4.42. The normalized spacial score (nSPS) is 17.6. The van der Waals surface area contributed by atoms with Gasteiger partial charge in [-0.1, -0.05) is 31.2 Å². The lowest BCUT2D eigenvalue weighted by Crippen LogP contribution is -2.37. The first kappa shape index (κ1) is 14.1. The second kappa shape index (κ2) is 6.72. The Morgan fingerprint density at radius 2 is 2.05 bits per heavy atom. The third-order valence-corrected chi connectivity index (χ3v) is 4.16. The van der Waals surface area contributed by atoms with Crippen LogP contribution < -0.4 is 10.2 Å². The lowest BCUT2D eigenvalue weighted by Gasteiger charge is -2.36. The van der Waals surface area contributed by atoms with E-state index in [4.69, 9.17) is 0 Å². The summed E-state index contributed by atoms with van der Waals surface area (Å²) in [6.45, 7) is 5.34. The lowest BCUT2D eigenvalue weighted by molar-refractivity contribution is 0.490. The van der Waals surface area contributed by atoms with Crippen LogP contribution in [0.4, 0.5) is 5.69 Å².